The second kappa shape index (κ2) is 50.7. The molecule has 1 aliphatic heterocycles. The summed E-state index contributed by atoms with van der Waals surface area (Å²) in [6, 6.07) is -0.713. The topological polar surface area (TPSA) is 149 Å². The molecule has 9 nitrogen and oxygen atoms in total. The number of rotatable bonds is 54. The Morgan fingerprint density at radius 1 is 0.435 bits per heavy atom. The molecular formula is C60H119NO8. The Labute approximate surface area is 427 Å². The van der Waals surface area contributed by atoms with Gasteiger partial charge in [0.1, 0.15) is 24.4 Å². The van der Waals surface area contributed by atoms with E-state index in [0.717, 1.165) is 38.5 Å². The first-order valence-electron chi connectivity index (χ1n) is 30.7. The van der Waals surface area contributed by atoms with Crippen molar-refractivity contribution in [2.75, 3.05) is 13.2 Å². The van der Waals surface area contributed by atoms with E-state index in [4.69, 9.17) is 9.47 Å². The summed E-state index contributed by atoms with van der Waals surface area (Å²) in [5, 5.41) is 54.7. The van der Waals surface area contributed by atoms with Gasteiger partial charge in [0.15, 0.2) is 6.29 Å². The molecule has 1 aliphatic rings. The third kappa shape index (κ3) is 40.3. The minimum atomic E-state index is -1.55. The highest BCUT2D eigenvalue weighted by molar-refractivity contribution is 5.76. The SMILES string of the molecule is CCCCCCCCCCCCCCCCCCCCCCCCCCCCCCCC(=O)NC(COC1OC(CO)C(O)C(O)C1O)C(O)CCCCCCCCCCCCCCCCCCC. The summed E-state index contributed by atoms with van der Waals surface area (Å²) in [5.41, 5.74) is 0. The molecule has 1 heterocycles. The fraction of sp³-hybridized carbons (Fsp3) is 0.983. The minimum Gasteiger partial charge on any atom is -0.394 e. The lowest BCUT2D eigenvalue weighted by Gasteiger charge is -2.40. The largest absolute Gasteiger partial charge is 0.394 e. The molecule has 7 atom stereocenters. The molecule has 69 heavy (non-hydrogen) atoms. The number of ether oxygens (including phenoxy) is 2. The molecule has 1 rings (SSSR count). The lowest BCUT2D eigenvalue weighted by molar-refractivity contribution is -0.302. The van der Waals surface area contributed by atoms with Crippen LogP contribution in [0.15, 0.2) is 0 Å². The van der Waals surface area contributed by atoms with Crippen molar-refractivity contribution in [2.45, 2.75) is 365 Å². The second-order valence-corrected chi connectivity index (χ2v) is 21.9. The maximum atomic E-state index is 13.1. The van der Waals surface area contributed by atoms with E-state index in [1.165, 1.54) is 257 Å². The Bertz CT molecular complexity index is 1050. The summed E-state index contributed by atoms with van der Waals surface area (Å²) in [6.07, 6.45) is 54.3. The van der Waals surface area contributed by atoms with E-state index in [0.29, 0.717) is 12.8 Å². The van der Waals surface area contributed by atoms with Crippen LogP contribution in [0.2, 0.25) is 0 Å². The van der Waals surface area contributed by atoms with Gasteiger partial charge in [-0.3, -0.25) is 4.79 Å². The van der Waals surface area contributed by atoms with Gasteiger partial charge < -0.3 is 40.3 Å². The second-order valence-electron chi connectivity index (χ2n) is 21.9. The summed E-state index contributed by atoms with van der Waals surface area (Å²) in [4.78, 5) is 13.1. The van der Waals surface area contributed by atoms with Gasteiger partial charge in [-0.05, 0) is 12.8 Å². The van der Waals surface area contributed by atoms with E-state index in [-0.39, 0.29) is 12.5 Å². The van der Waals surface area contributed by atoms with Crippen molar-refractivity contribution < 1.29 is 39.8 Å². The molecule has 0 aliphatic carbocycles. The highest BCUT2D eigenvalue weighted by Gasteiger charge is 2.44. The molecule has 0 saturated carbocycles. The maximum absolute atomic E-state index is 13.1. The molecule has 0 spiro atoms. The third-order valence-electron chi connectivity index (χ3n) is 15.2. The Balaban J connectivity index is 2.12. The summed E-state index contributed by atoms with van der Waals surface area (Å²) >= 11 is 0. The summed E-state index contributed by atoms with van der Waals surface area (Å²) in [6.45, 7) is 3.89. The van der Waals surface area contributed by atoms with Crippen molar-refractivity contribution in [1.29, 1.82) is 0 Å². The van der Waals surface area contributed by atoms with E-state index < -0.39 is 49.5 Å². The molecule has 1 amide bonds. The molecule has 412 valence electrons. The average Bonchev–Trinajstić information content (AvgIpc) is 3.35. The van der Waals surface area contributed by atoms with E-state index >= 15 is 0 Å². The zero-order valence-electron chi connectivity index (χ0n) is 45.9. The fourth-order valence-corrected chi connectivity index (χ4v) is 10.3. The van der Waals surface area contributed by atoms with Crippen LogP contribution in [0, 0.1) is 0 Å². The molecule has 1 saturated heterocycles. The van der Waals surface area contributed by atoms with E-state index in [1.807, 2.05) is 0 Å². The van der Waals surface area contributed by atoms with Crippen molar-refractivity contribution in [3.05, 3.63) is 0 Å². The highest BCUT2D eigenvalue weighted by Crippen LogP contribution is 2.24. The molecule has 0 aromatic carbocycles. The van der Waals surface area contributed by atoms with Gasteiger partial charge in [-0.25, -0.2) is 0 Å². The molecule has 0 aromatic rings. The van der Waals surface area contributed by atoms with Gasteiger partial charge in [0.05, 0.1) is 25.4 Å². The van der Waals surface area contributed by atoms with Crippen molar-refractivity contribution >= 4 is 5.91 Å². The van der Waals surface area contributed by atoms with Gasteiger partial charge in [-0.15, -0.1) is 0 Å². The number of amides is 1. The van der Waals surface area contributed by atoms with E-state index in [1.54, 1.807) is 0 Å². The smallest absolute Gasteiger partial charge is 0.220 e. The summed E-state index contributed by atoms with van der Waals surface area (Å²) in [7, 11) is 0. The number of aliphatic hydroxyl groups excluding tert-OH is 5. The molecule has 6 N–H and O–H groups in total. The number of carbonyl (C=O) groups excluding carboxylic acids is 1. The molecule has 0 bridgehead atoms. The fourth-order valence-electron chi connectivity index (χ4n) is 10.3. The predicted octanol–water partition coefficient (Wildman–Crippen LogP) is 15.4. The van der Waals surface area contributed by atoms with Crippen LogP contribution in [0.3, 0.4) is 0 Å². The van der Waals surface area contributed by atoms with Gasteiger partial charge in [0.25, 0.3) is 0 Å². The Morgan fingerprint density at radius 2 is 0.725 bits per heavy atom. The van der Waals surface area contributed by atoms with Gasteiger partial charge >= 0.3 is 0 Å². The van der Waals surface area contributed by atoms with Crippen LogP contribution in [0.4, 0.5) is 0 Å². The van der Waals surface area contributed by atoms with Crippen LogP contribution in [0.25, 0.3) is 0 Å². The van der Waals surface area contributed by atoms with Crippen molar-refractivity contribution in [3.8, 4) is 0 Å². The van der Waals surface area contributed by atoms with Crippen LogP contribution in [-0.4, -0.2) is 87.5 Å². The average molecular weight is 983 g/mol. The van der Waals surface area contributed by atoms with Crippen LogP contribution < -0.4 is 5.32 Å². The van der Waals surface area contributed by atoms with Gasteiger partial charge in [0, 0.05) is 6.42 Å². The maximum Gasteiger partial charge on any atom is 0.220 e. The number of unbranched alkanes of at least 4 members (excludes halogenated alkanes) is 44. The summed E-state index contributed by atoms with van der Waals surface area (Å²) < 4.78 is 11.3. The van der Waals surface area contributed by atoms with Crippen LogP contribution in [0.5, 0.6) is 0 Å². The summed E-state index contributed by atoms with van der Waals surface area (Å²) in [5.74, 6) is -0.135. The van der Waals surface area contributed by atoms with Crippen molar-refractivity contribution in [2.24, 2.45) is 0 Å². The first-order valence-corrected chi connectivity index (χ1v) is 30.7. The first-order chi connectivity index (χ1) is 33.8. The molecular weight excluding hydrogens is 863 g/mol. The molecule has 1 fully saturated rings. The zero-order valence-corrected chi connectivity index (χ0v) is 45.9. The quantitative estimate of drug-likeness (QED) is 0.0330. The highest BCUT2D eigenvalue weighted by atomic mass is 16.7. The van der Waals surface area contributed by atoms with Crippen molar-refractivity contribution in [3.63, 3.8) is 0 Å². The number of hydrogen-bond acceptors (Lipinski definition) is 8. The number of carbonyl (C=O) groups is 1. The molecule has 0 radical (unpaired) electrons. The van der Waals surface area contributed by atoms with Crippen molar-refractivity contribution in [1.82, 2.24) is 5.32 Å². The first kappa shape index (κ1) is 66.2. The molecule has 9 heteroatoms. The predicted molar refractivity (Wildman–Crippen MR) is 291 cm³/mol. The lowest BCUT2D eigenvalue weighted by Crippen LogP contribution is -2.60. The monoisotopic (exact) mass is 982 g/mol. The number of nitrogens with one attached hydrogen (secondary N) is 1. The third-order valence-corrected chi connectivity index (χ3v) is 15.2. The van der Waals surface area contributed by atoms with Crippen LogP contribution in [0.1, 0.15) is 322 Å². The zero-order chi connectivity index (χ0) is 50.1. The molecule has 0 aromatic heterocycles. The molecule has 7 unspecified atom stereocenters. The lowest BCUT2D eigenvalue weighted by atomic mass is 9.99. The van der Waals surface area contributed by atoms with Gasteiger partial charge in [-0.2, -0.15) is 0 Å². The number of aliphatic hydroxyl groups is 5. The van der Waals surface area contributed by atoms with E-state index in [9.17, 15) is 30.3 Å². The van der Waals surface area contributed by atoms with Gasteiger partial charge in [-0.1, -0.05) is 303 Å². The Morgan fingerprint density at radius 3 is 1.03 bits per heavy atom. The standard InChI is InChI=1S/C60H119NO8/c1-3-5-7-9-11-13-15-17-19-21-22-23-24-25-26-27-28-29-30-31-32-34-36-38-40-42-44-46-48-50-56(64)61-53(52-68-60-59(67)58(66)57(65)55(51-62)69-60)54(63)49-47-45-43-41-39-37-35-33-20-18-16-14-12-10-8-6-4-2/h53-55,57-60,62-63,65-67H,3-52H2,1-2H3,(H,61,64). The van der Waals surface area contributed by atoms with E-state index in [2.05, 4.69) is 19.2 Å². The van der Waals surface area contributed by atoms with Crippen LogP contribution in [-0.2, 0) is 14.3 Å². The number of hydrogen-bond donors (Lipinski definition) is 6. The minimum absolute atomic E-state index is 0.131. The Hall–Kier alpha value is -0.810. The normalized spacial score (nSPS) is 19.3. The van der Waals surface area contributed by atoms with Crippen LogP contribution >= 0.6 is 0 Å². The van der Waals surface area contributed by atoms with Gasteiger partial charge in [0.2, 0.25) is 5.91 Å². The Kier molecular flexibility index (Phi) is 48.7.